The second-order valence-corrected chi connectivity index (χ2v) is 8.88. The van der Waals surface area contributed by atoms with Crippen LogP contribution in [0.15, 0.2) is 64.8 Å². The highest BCUT2D eigenvalue weighted by Gasteiger charge is 2.23. The van der Waals surface area contributed by atoms with E-state index >= 15 is 0 Å². The molecule has 1 heterocycles. The average molecular weight is 468 g/mol. The van der Waals surface area contributed by atoms with Crippen molar-refractivity contribution in [1.82, 2.24) is 10.2 Å². The van der Waals surface area contributed by atoms with Crippen LogP contribution in [0.2, 0.25) is 0 Å². The zero-order chi connectivity index (χ0) is 23.5. The number of nitrogens with one attached hydrogen (secondary N) is 1. The first-order chi connectivity index (χ1) is 16.2. The molecule has 1 N–H and O–H groups in total. The molecule has 2 aromatic carbocycles. The lowest BCUT2D eigenvalue weighted by atomic mass is 9.95. The second kappa shape index (κ2) is 13.5. The number of benzene rings is 2. The van der Waals surface area contributed by atoms with Gasteiger partial charge in [-0.05, 0) is 55.0 Å². The molecule has 0 aromatic heterocycles. The fourth-order valence-electron chi connectivity index (χ4n) is 4.60. The van der Waals surface area contributed by atoms with Gasteiger partial charge in [0.25, 0.3) is 0 Å². The Hall–Kier alpha value is -2.14. The molecule has 0 spiro atoms. The zero-order valence-corrected chi connectivity index (χ0v) is 21.1. The monoisotopic (exact) mass is 467 g/mol. The van der Waals surface area contributed by atoms with Crippen molar-refractivity contribution in [2.24, 2.45) is 4.99 Å². The molecule has 3 rings (SSSR count). The number of hydrogen-bond acceptors (Lipinski definition) is 3. The summed E-state index contributed by atoms with van der Waals surface area (Å²) in [6, 6.07) is 17.8. The molecule has 0 radical (unpaired) electrons. The number of aryl methyl sites for hydroxylation is 2. The van der Waals surface area contributed by atoms with Gasteiger partial charge in [0.1, 0.15) is 11.0 Å². The molecule has 1 fully saturated rings. The summed E-state index contributed by atoms with van der Waals surface area (Å²) in [6.45, 7) is 7.44. The number of rotatable bonds is 10. The van der Waals surface area contributed by atoms with Crippen LogP contribution in [0.1, 0.15) is 61.4 Å². The number of nitrogens with zero attached hydrogens (tertiary/aromatic N) is 2. The van der Waals surface area contributed by atoms with Crippen LogP contribution in [-0.4, -0.2) is 44.1 Å². The van der Waals surface area contributed by atoms with E-state index in [4.69, 9.17) is 21.3 Å². The average Bonchev–Trinajstić information content (AvgIpc) is 2.87. The normalized spacial score (nSPS) is 17.9. The molecule has 178 valence electrons. The summed E-state index contributed by atoms with van der Waals surface area (Å²) >= 11 is 6.75. The SMILES string of the molecule is CCc1cccc(CC)c1C(=NCCOC)N/C(Cl)=C/CN1CCCCC1c1ccccc1. The van der Waals surface area contributed by atoms with Crippen LogP contribution in [-0.2, 0) is 17.6 Å². The van der Waals surface area contributed by atoms with Crippen LogP contribution in [0.5, 0.6) is 0 Å². The molecule has 1 aliphatic heterocycles. The number of amidine groups is 1. The van der Waals surface area contributed by atoms with Gasteiger partial charge in [0, 0.05) is 25.3 Å². The largest absolute Gasteiger partial charge is 0.383 e. The highest BCUT2D eigenvalue weighted by atomic mass is 35.5. The van der Waals surface area contributed by atoms with Gasteiger partial charge < -0.3 is 10.1 Å². The van der Waals surface area contributed by atoms with E-state index in [-0.39, 0.29) is 0 Å². The van der Waals surface area contributed by atoms with Gasteiger partial charge >= 0.3 is 0 Å². The molecule has 0 amide bonds. The minimum absolute atomic E-state index is 0.447. The molecular weight excluding hydrogens is 430 g/mol. The smallest absolute Gasteiger partial charge is 0.134 e. The van der Waals surface area contributed by atoms with Crippen LogP contribution in [0.25, 0.3) is 0 Å². The molecule has 0 bridgehead atoms. The van der Waals surface area contributed by atoms with Gasteiger partial charge in [-0.1, -0.05) is 80.4 Å². The van der Waals surface area contributed by atoms with Crippen molar-refractivity contribution in [2.75, 3.05) is 33.4 Å². The minimum Gasteiger partial charge on any atom is -0.383 e. The fourth-order valence-corrected chi connectivity index (χ4v) is 4.76. The van der Waals surface area contributed by atoms with Gasteiger partial charge in [-0.25, -0.2) is 0 Å². The number of hydrogen-bond donors (Lipinski definition) is 1. The van der Waals surface area contributed by atoms with Crippen LogP contribution < -0.4 is 5.32 Å². The van der Waals surface area contributed by atoms with Crippen LogP contribution >= 0.6 is 11.6 Å². The quantitative estimate of drug-likeness (QED) is 0.198. The third kappa shape index (κ3) is 7.17. The molecule has 1 aliphatic rings. The van der Waals surface area contributed by atoms with Gasteiger partial charge in [0.2, 0.25) is 0 Å². The highest BCUT2D eigenvalue weighted by Crippen LogP contribution is 2.30. The number of ether oxygens (including phenoxy) is 1. The fraction of sp³-hybridized carbons (Fsp3) is 0.464. The highest BCUT2D eigenvalue weighted by molar-refractivity contribution is 6.31. The lowest BCUT2D eigenvalue weighted by Crippen LogP contribution is -2.34. The molecular formula is C28H38ClN3O. The first kappa shape index (κ1) is 25.5. The van der Waals surface area contributed by atoms with E-state index in [1.165, 1.54) is 41.5 Å². The van der Waals surface area contributed by atoms with E-state index in [1.807, 2.05) is 0 Å². The molecule has 2 aromatic rings. The van der Waals surface area contributed by atoms with Crippen molar-refractivity contribution < 1.29 is 4.74 Å². The first-order valence-corrected chi connectivity index (χ1v) is 12.6. The molecule has 33 heavy (non-hydrogen) atoms. The Morgan fingerprint density at radius 2 is 1.82 bits per heavy atom. The topological polar surface area (TPSA) is 36.9 Å². The van der Waals surface area contributed by atoms with Gasteiger partial charge in [-0.15, -0.1) is 0 Å². The van der Waals surface area contributed by atoms with Crippen molar-refractivity contribution in [3.05, 3.63) is 82.0 Å². The Labute approximate surface area is 204 Å². The van der Waals surface area contributed by atoms with E-state index in [2.05, 4.69) is 78.7 Å². The summed E-state index contributed by atoms with van der Waals surface area (Å²) < 4.78 is 5.24. The number of likely N-dealkylation sites (tertiary alicyclic amines) is 1. The van der Waals surface area contributed by atoms with Gasteiger partial charge in [-0.3, -0.25) is 9.89 Å². The van der Waals surface area contributed by atoms with Crippen LogP contribution in [0.4, 0.5) is 0 Å². The summed E-state index contributed by atoms with van der Waals surface area (Å²) in [6.07, 6.45) is 7.68. The van der Waals surface area contributed by atoms with E-state index in [9.17, 15) is 0 Å². The molecule has 4 nitrogen and oxygen atoms in total. The third-order valence-corrected chi connectivity index (χ3v) is 6.59. The van der Waals surface area contributed by atoms with Gasteiger partial charge in [0.15, 0.2) is 0 Å². The summed E-state index contributed by atoms with van der Waals surface area (Å²) in [5.41, 5.74) is 5.12. The second-order valence-electron chi connectivity index (χ2n) is 8.48. The number of piperidine rings is 1. The van der Waals surface area contributed by atoms with Crippen LogP contribution in [0, 0.1) is 0 Å². The molecule has 0 saturated carbocycles. The summed E-state index contributed by atoms with van der Waals surface area (Å²) in [5.74, 6) is 0.834. The number of halogens is 1. The summed E-state index contributed by atoms with van der Waals surface area (Å²) in [7, 11) is 1.70. The maximum Gasteiger partial charge on any atom is 0.134 e. The molecule has 1 atom stereocenters. The van der Waals surface area contributed by atoms with Crippen LogP contribution in [0.3, 0.4) is 0 Å². The van der Waals surface area contributed by atoms with E-state index in [0.717, 1.165) is 31.8 Å². The van der Waals surface area contributed by atoms with Crippen molar-refractivity contribution in [1.29, 1.82) is 0 Å². The number of aliphatic imine (C=N–C) groups is 1. The van der Waals surface area contributed by atoms with Crippen molar-refractivity contribution >= 4 is 17.4 Å². The Morgan fingerprint density at radius 1 is 1.09 bits per heavy atom. The van der Waals surface area contributed by atoms with Crippen molar-refractivity contribution in [3.8, 4) is 0 Å². The van der Waals surface area contributed by atoms with Gasteiger partial charge in [-0.2, -0.15) is 0 Å². The maximum atomic E-state index is 6.75. The van der Waals surface area contributed by atoms with Gasteiger partial charge in [0.05, 0.1) is 13.2 Å². The standard InChI is InChI=1S/C28H38ClN3O/c1-4-22-14-11-15-23(5-2)27(22)28(30-18-21-33-3)31-26(29)17-20-32-19-10-9-16-25(32)24-12-7-6-8-13-24/h6-8,11-15,17,25H,4-5,9-10,16,18-21H2,1-3H3,(H,30,31)/b26-17+. The van der Waals surface area contributed by atoms with Crippen molar-refractivity contribution in [2.45, 2.75) is 52.0 Å². The lowest BCUT2D eigenvalue weighted by molar-refractivity contribution is 0.166. The predicted molar refractivity (Wildman–Crippen MR) is 140 cm³/mol. The zero-order valence-electron chi connectivity index (χ0n) is 20.3. The Morgan fingerprint density at radius 3 is 2.48 bits per heavy atom. The Kier molecular flexibility index (Phi) is 10.5. The first-order valence-electron chi connectivity index (χ1n) is 12.2. The molecule has 0 aliphatic carbocycles. The maximum absolute atomic E-state index is 6.75. The Balaban J connectivity index is 1.79. The number of methoxy groups -OCH3 is 1. The van der Waals surface area contributed by atoms with E-state index in [1.54, 1.807) is 7.11 Å². The summed E-state index contributed by atoms with van der Waals surface area (Å²) in [5, 5.41) is 4.05. The molecule has 1 unspecified atom stereocenters. The minimum atomic E-state index is 0.447. The summed E-state index contributed by atoms with van der Waals surface area (Å²) in [4.78, 5) is 7.37. The third-order valence-electron chi connectivity index (χ3n) is 6.34. The van der Waals surface area contributed by atoms with E-state index < -0.39 is 0 Å². The molecule has 1 saturated heterocycles. The van der Waals surface area contributed by atoms with E-state index in [0.29, 0.717) is 24.3 Å². The predicted octanol–water partition coefficient (Wildman–Crippen LogP) is 6.10. The molecule has 5 heteroatoms. The Bertz CT molecular complexity index is 904. The lowest BCUT2D eigenvalue weighted by Gasteiger charge is -2.35. The van der Waals surface area contributed by atoms with Crippen molar-refractivity contribution in [3.63, 3.8) is 0 Å².